The van der Waals surface area contributed by atoms with Crippen LogP contribution in [0.25, 0.3) is 11.3 Å². The van der Waals surface area contributed by atoms with E-state index >= 15 is 0 Å². The van der Waals surface area contributed by atoms with Crippen molar-refractivity contribution >= 4 is 16.5 Å². The van der Waals surface area contributed by atoms with E-state index in [9.17, 15) is 0 Å². The van der Waals surface area contributed by atoms with E-state index in [4.69, 9.17) is 18.9 Å². The number of rotatable bonds is 9. The molecule has 0 unspecified atom stereocenters. The number of thiazole rings is 1. The van der Waals surface area contributed by atoms with E-state index in [2.05, 4.69) is 10.3 Å². The first-order valence-electron chi connectivity index (χ1n) is 8.81. The van der Waals surface area contributed by atoms with E-state index in [1.54, 1.807) is 39.8 Å². The van der Waals surface area contributed by atoms with E-state index in [1.165, 1.54) is 5.56 Å². The van der Waals surface area contributed by atoms with Crippen LogP contribution in [0.2, 0.25) is 0 Å². The molecule has 3 rings (SSSR count). The molecule has 0 saturated carbocycles. The Morgan fingerprint density at radius 3 is 2.14 bits per heavy atom. The second-order valence-corrected chi connectivity index (χ2v) is 6.83. The number of anilines is 1. The first kappa shape index (κ1) is 19.8. The van der Waals surface area contributed by atoms with Gasteiger partial charge in [0.15, 0.2) is 28.1 Å². The van der Waals surface area contributed by atoms with E-state index in [1.807, 2.05) is 41.8 Å². The SMILES string of the molecule is COc1ccc(CCNc2nc(-c3ccc(OC)c(OC)c3)cs2)cc1OC. The molecule has 0 aliphatic carbocycles. The fourth-order valence-corrected chi connectivity index (χ4v) is 3.58. The Kier molecular flexibility index (Phi) is 6.60. The highest BCUT2D eigenvalue weighted by atomic mass is 32.1. The summed E-state index contributed by atoms with van der Waals surface area (Å²) in [5.74, 6) is 2.87. The molecule has 7 heteroatoms. The molecular formula is C21H24N2O4S. The van der Waals surface area contributed by atoms with Gasteiger partial charge in [0.2, 0.25) is 0 Å². The molecule has 1 aromatic heterocycles. The van der Waals surface area contributed by atoms with Gasteiger partial charge in [0, 0.05) is 17.5 Å². The summed E-state index contributed by atoms with van der Waals surface area (Å²) in [6.07, 6.45) is 0.853. The van der Waals surface area contributed by atoms with Crippen molar-refractivity contribution in [3.05, 3.63) is 47.3 Å². The van der Waals surface area contributed by atoms with Gasteiger partial charge in [0.25, 0.3) is 0 Å². The normalized spacial score (nSPS) is 10.4. The predicted octanol–water partition coefficient (Wildman–Crippen LogP) is 4.50. The van der Waals surface area contributed by atoms with Crippen LogP contribution in [0, 0.1) is 0 Å². The Hall–Kier alpha value is -2.93. The molecule has 148 valence electrons. The molecule has 0 bridgehead atoms. The molecule has 3 aromatic rings. The average Bonchev–Trinajstić information content (AvgIpc) is 3.22. The topological polar surface area (TPSA) is 61.8 Å². The van der Waals surface area contributed by atoms with Crippen LogP contribution in [0.15, 0.2) is 41.8 Å². The number of ether oxygens (including phenoxy) is 4. The van der Waals surface area contributed by atoms with Crippen molar-refractivity contribution in [2.45, 2.75) is 6.42 Å². The lowest BCUT2D eigenvalue weighted by Crippen LogP contribution is -2.05. The van der Waals surface area contributed by atoms with Crippen LogP contribution in [0.1, 0.15) is 5.56 Å². The van der Waals surface area contributed by atoms with E-state index in [0.717, 1.165) is 40.9 Å². The van der Waals surface area contributed by atoms with Gasteiger partial charge < -0.3 is 24.3 Å². The summed E-state index contributed by atoms with van der Waals surface area (Å²) in [5, 5.41) is 6.29. The molecule has 0 radical (unpaired) electrons. The summed E-state index contributed by atoms with van der Waals surface area (Å²) in [7, 11) is 6.54. The van der Waals surface area contributed by atoms with Gasteiger partial charge in [-0.05, 0) is 42.3 Å². The molecule has 0 saturated heterocycles. The third-order valence-corrected chi connectivity index (χ3v) is 5.12. The first-order valence-corrected chi connectivity index (χ1v) is 9.69. The third-order valence-electron chi connectivity index (χ3n) is 4.32. The van der Waals surface area contributed by atoms with Crippen LogP contribution in [0.5, 0.6) is 23.0 Å². The van der Waals surface area contributed by atoms with Gasteiger partial charge in [-0.1, -0.05) is 6.07 Å². The first-order chi connectivity index (χ1) is 13.7. The average molecular weight is 401 g/mol. The van der Waals surface area contributed by atoms with Gasteiger partial charge in [0.05, 0.1) is 34.1 Å². The van der Waals surface area contributed by atoms with E-state index < -0.39 is 0 Å². The van der Waals surface area contributed by atoms with Crippen LogP contribution >= 0.6 is 11.3 Å². The van der Waals surface area contributed by atoms with Crippen molar-refractivity contribution < 1.29 is 18.9 Å². The second kappa shape index (κ2) is 9.32. The minimum absolute atomic E-state index is 0.691. The largest absolute Gasteiger partial charge is 0.493 e. The van der Waals surface area contributed by atoms with Gasteiger partial charge in [-0.15, -0.1) is 11.3 Å². The number of aromatic nitrogens is 1. The fraction of sp³-hybridized carbons (Fsp3) is 0.286. The molecule has 0 aliphatic heterocycles. The van der Waals surface area contributed by atoms with Crippen LogP contribution < -0.4 is 24.3 Å². The third kappa shape index (κ3) is 4.48. The molecule has 0 fully saturated rings. The smallest absolute Gasteiger partial charge is 0.183 e. The summed E-state index contributed by atoms with van der Waals surface area (Å²) in [4.78, 5) is 4.67. The Bertz CT molecular complexity index is 927. The molecule has 2 aromatic carbocycles. The Labute approximate surface area is 169 Å². The molecule has 0 spiro atoms. The molecule has 0 atom stereocenters. The van der Waals surface area contributed by atoms with E-state index in [-0.39, 0.29) is 0 Å². The van der Waals surface area contributed by atoms with Gasteiger partial charge in [0.1, 0.15) is 0 Å². The number of hydrogen-bond acceptors (Lipinski definition) is 7. The highest BCUT2D eigenvalue weighted by Crippen LogP contribution is 2.33. The van der Waals surface area contributed by atoms with E-state index in [0.29, 0.717) is 11.5 Å². The van der Waals surface area contributed by atoms with Crippen molar-refractivity contribution in [1.82, 2.24) is 4.98 Å². The maximum Gasteiger partial charge on any atom is 0.183 e. The van der Waals surface area contributed by atoms with Crippen LogP contribution in [0.3, 0.4) is 0 Å². The van der Waals surface area contributed by atoms with Crippen LogP contribution in [0.4, 0.5) is 5.13 Å². The number of benzene rings is 2. The monoisotopic (exact) mass is 400 g/mol. The molecule has 6 nitrogen and oxygen atoms in total. The highest BCUT2D eigenvalue weighted by molar-refractivity contribution is 7.14. The quantitative estimate of drug-likeness (QED) is 0.571. The second-order valence-electron chi connectivity index (χ2n) is 5.97. The van der Waals surface area contributed by atoms with Crippen molar-refractivity contribution in [2.24, 2.45) is 0 Å². The molecule has 0 aliphatic rings. The summed E-state index contributed by atoms with van der Waals surface area (Å²) in [5.41, 5.74) is 3.06. The molecule has 28 heavy (non-hydrogen) atoms. The van der Waals surface area contributed by atoms with Crippen molar-refractivity contribution in [3.63, 3.8) is 0 Å². The Balaban J connectivity index is 1.62. The number of methoxy groups -OCH3 is 4. The van der Waals surface area contributed by atoms with Crippen LogP contribution in [-0.4, -0.2) is 40.0 Å². The number of hydrogen-bond donors (Lipinski definition) is 1. The van der Waals surface area contributed by atoms with Crippen molar-refractivity contribution in [2.75, 3.05) is 40.3 Å². The minimum atomic E-state index is 0.691. The minimum Gasteiger partial charge on any atom is -0.493 e. The summed E-state index contributed by atoms with van der Waals surface area (Å²) in [6.45, 7) is 0.772. The van der Waals surface area contributed by atoms with Gasteiger partial charge in [-0.25, -0.2) is 4.98 Å². The maximum atomic E-state index is 5.37. The zero-order valence-corrected chi connectivity index (χ0v) is 17.3. The standard InChI is InChI=1S/C21H24N2O4S/c1-24-17-7-5-14(11-19(17)26-3)9-10-22-21-23-16(13-28-21)15-6-8-18(25-2)20(12-15)27-4/h5-8,11-13H,9-10H2,1-4H3,(H,22,23). The Morgan fingerprint density at radius 2 is 1.46 bits per heavy atom. The molecular weight excluding hydrogens is 376 g/mol. The lowest BCUT2D eigenvalue weighted by Gasteiger charge is -2.10. The highest BCUT2D eigenvalue weighted by Gasteiger charge is 2.10. The zero-order valence-electron chi connectivity index (χ0n) is 16.4. The number of nitrogens with one attached hydrogen (secondary N) is 1. The lowest BCUT2D eigenvalue weighted by molar-refractivity contribution is 0.354. The molecule has 1 N–H and O–H groups in total. The zero-order chi connectivity index (χ0) is 19.9. The number of nitrogens with zero attached hydrogens (tertiary/aromatic N) is 1. The Morgan fingerprint density at radius 1 is 0.821 bits per heavy atom. The lowest BCUT2D eigenvalue weighted by atomic mass is 10.1. The van der Waals surface area contributed by atoms with Gasteiger partial charge >= 0.3 is 0 Å². The molecule has 0 amide bonds. The van der Waals surface area contributed by atoms with Gasteiger partial charge in [-0.2, -0.15) is 0 Å². The fourth-order valence-electron chi connectivity index (χ4n) is 2.83. The summed E-state index contributed by atoms with van der Waals surface area (Å²) < 4.78 is 21.3. The summed E-state index contributed by atoms with van der Waals surface area (Å²) >= 11 is 1.58. The maximum absolute atomic E-state index is 5.37. The van der Waals surface area contributed by atoms with Crippen molar-refractivity contribution in [3.8, 4) is 34.3 Å². The summed E-state index contributed by atoms with van der Waals surface area (Å²) in [6, 6.07) is 11.8. The predicted molar refractivity (Wildman–Crippen MR) is 112 cm³/mol. The van der Waals surface area contributed by atoms with Crippen LogP contribution in [-0.2, 0) is 6.42 Å². The van der Waals surface area contributed by atoms with Crippen molar-refractivity contribution in [1.29, 1.82) is 0 Å². The molecule has 1 heterocycles. The van der Waals surface area contributed by atoms with Gasteiger partial charge in [-0.3, -0.25) is 0 Å².